The average Bonchev–Trinajstić information content (AvgIpc) is 3.56. The topological polar surface area (TPSA) is 96.9 Å². The third-order valence-electron chi connectivity index (χ3n) is 5.52. The minimum Gasteiger partial charge on any atom is -0.477 e. The number of carbonyl (C=O) groups excluding carboxylic acids is 1. The van der Waals surface area contributed by atoms with Crippen molar-refractivity contribution in [3.05, 3.63) is 23.9 Å². The summed E-state index contributed by atoms with van der Waals surface area (Å²) in [5.74, 6) is 2.20. The zero-order valence-electron chi connectivity index (χ0n) is 19.9. The van der Waals surface area contributed by atoms with Crippen LogP contribution in [0.4, 0.5) is 4.79 Å². The minimum absolute atomic E-state index is 0.160. The molecule has 3 N–H and O–H groups in total. The minimum atomic E-state index is -0.473. The Hall–Kier alpha value is -2.51. The van der Waals surface area contributed by atoms with E-state index in [0.717, 1.165) is 50.4 Å². The molecule has 0 aromatic carbocycles. The monoisotopic (exact) mass is 445 g/mol. The number of carbonyl (C=O) groups is 1. The molecule has 0 saturated heterocycles. The van der Waals surface area contributed by atoms with Crippen molar-refractivity contribution in [3.8, 4) is 5.88 Å². The van der Waals surface area contributed by atoms with Gasteiger partial charge in [0.25, 0.3) is 0 Å². The molecule has 1 heterocycles. The quantitative estimate of drug-likeness (QED) is 0.416. The molecule has 1 aromatic heterocycles. The van der Waals surface area contributed by atoms with Gasteiger partial charge in [0, 0.05) is 30.9 Å². The molecule has 0 atom stereocenters. The number of alkyl carbamates (subject to hydrolysis) is 1. The summed E-state index contributed by atoms with van der Waals surface area (Å²) in [6.45, 7) is 9.82. The van der Waals surface area contributed by atoms with Crippen molar-refractivity contribution in [1.82, 2.24) is 20.9 Å². The summed E-state index contributed by atoms with van der Waals surface area (Å²) in [5, 5.41) is 9.88. The van der Waals surface area contributed by atoms with Crippen LogP contribution in [0.25, 0.3) is 0 Å². The SMILES string of the molecule is CCNC(=NCc1ccnc(OCC2CC2)c1)NC1CCC(NC(=O)OC(C)(C)C)CC1. The van der Waals surface area contributed by atoms with E-state index in [1.807, 2.05) is 32.9 Å². The Morgan fingerprint density at radius 1 is 1.12 bits per heavy atom. The summed E-state index contributed by atoms with van der Waals surface area (Å²) in [7, 11) is 0. The van der Waals surface area contributed by atoms with Gasteiger partial charge in [0.2, 0.25) is 5.88 Å². The van der Waals surface area contributed by atoms with Gasteiger partial charge >= 0.3 is 6.09 Å². The second kappa shape index (κ2) is 11.4. The molecule has 0 spiro atoms. The molecule has 0 unspecified atom stereocenters. The number of nitrogens with one attached hydrogen (secondary N) is 3. The maximum atomic E-state index is 12.0. The molecular weight excluding hydrogens is 406 g/mol. The smallest absolute Gasteiger partial charge is 0.407 e. The summed E-state index contributed by atoms with van der Waals surface area (Å²) in [5.41, 5.74) is 0.604. The van der Waals surface area contributed by atoms with E-state index in [1.165, 1.54) is 12.8 Å². The number of aliphatic imine (C=N–C) groups is 1. The van der Waals surface area contributed by atoms with Crippen LogP contribution in [0.1, 0.15) is 71.8 Å². The van der Waals surface area contributed by atoms with Crippen LogP contribution in [0.2, 0.25) is 0 Å². The predicted octanol–water partition coefficient (Wildman–Crippen LogP) is 3.76. The Labute approximate surface area is 192 Å². The van der Waals surface area contributed by atoms with Crippen LogP contribution in [-0.4, -0.2) is 47.9 Å². The highest BCUT2D eigenvalue weighted by Gasteiger charge is 2.25. The highest BCUT2D eigenvalue weighted by molar-refractivity contribution is 5.80. The lowest BCUT2D eigenvalue weighted by molar-refractivity contribution is 0.0490. The van der Waals surface area contributed by atoms with Crippen molar-refractivity contribution in [1.29, 1.82) is 0 Å². The first-order valence-corrected chi connectivity index (χ1v) is 11.9. The van der Waals surface area contributed by atoms with E-state index >= 15 is 0 Å². The van der Waals surface area contributed by atoms with Gasteiger partial charge in [-0.15, -0.1) is 0 Å². The van der Waals surface area contributed by atoms with E-state index in [0.29, 0.717) is 24.4 Å². The fourth-order valence-electron chi connectivity index (χ4n) is 3.66. The Balaban J connectivity index is 1.45. The second-order valence-corrected chi connectivity index (χ2v) is 9.79. The number of hydrogen-bond donors (Lipinski definition) is 3. The number of aromatic nitrogens is 1. The van der Waals surface area contributed by atoms with Crippen molar-refractivity contribution in [2.45, 2.75) is 90.4 Å². The van der Waals surface area contributed by atoms with E-state index < -0.39 is 5.60 Å². The van der Waals surface area contributed by atoms with Crippen LogP contribution in [-0.2, 0) is 11.3 Å². The van der Waals surface area contributed by atoms with Gasteiger partial charge in [-0.3, -0.25) is 0 Å². The molecule has 2 aliphatic rings. The van der Waals surface area contributed by atoms with Crippen LogP contribution in [0.5, 0.6) is 5.88 Å². The number of ether oxygens (including phenoxy) is 2. The average molecular weight is 446 g/mol. The molecule has 8 heteroatoms. The van der Waals surface area contributed by atoms with Gasteiger partial charge in [-0.2, -0.15) is 0 Å². The summed E-state index contributed by atoms with van der Waals surface area (Å²) in [4.78, 5) is 21.1. The van der Waals surface area contributed by atoms with Crippen molar-refractivity contribution in [3.63, 3.8) is 0 Å². The lowest BCUT2D eigenvalue weighted by Gasteiger charge is -2.31. The van der Waals surface area contributed by atoms with E-state index in [-0.39, 0.29) is 12.1 Å². The molecule has 0 bridgehead atoms. The van der Waals surface area contributed by atoms with Gasteiger partial charge in [0.15, 0.2) is 5.96 Å². The summed E-state index contributed by atoms with van der Waals surface area (Å²) < 4.78 is 11.1. The molecule has 1 amide bonds. The number of amides is 1. The van der Waals surface area contributed by atoms with Gasteiger partial charge < -0.3 is 25.4 Å². The third-order valence-corrected chi connectivity index (χ3v) is 5.52. The van der Waals surface area contributed by atoms with Crippen LogP contribution in [0.15, 0.2) is 23.3 Å². The number of guanidine groups is 1. The Morgan fingerprint density at radius 3 is 2.44 bits per heavy atom. The molecule has 178 valence electrons. The van der Waals surface area contributed by atoms with Crippen molar-refractivity contribution < 1.29 is 14.3 Å². The third kappa shape index (κ3) is 8.93. The first-order chi connectivity index (χ1) is 15.3. The molecule has 2 aliphatic carbocycles. The molecule has 8 nitrogen and oxygen atoms in total. The van der Waals surface area contributed by atoms with Crippen LogP contribution in [0, 0.1) is 5.92 Å². The second-order valence-electron chi connectivity index (χ2n) is 9.79. The number of rotatable bonds is 8. The van der Waals surface area contributed by atoms with E-state index in [9.17, 15) is 4.79 Å². The maximum Gasteiger partial charge on any atom is 0.407 e. The first-order valence-electron chi connectivity index (χ1n) is 11.9. The lowest BCUT2D eigenvalue weighted by atomic mass is 9.91. The summed E-state index contributed by atoms with van der Waals surface area (Å²) in [6, 6.07) is 4.45. The number of hydrogen-bond acceptors (Lipinski definition) is 5. The van der Waals surface area contributed by atoms with E-state index in [2.05, 4.69) is 27.9 Å². The zero-order chi connectivity index (χ0) is 23.0. The molecular formula is C24H39N5O3. The normalized spacial score (nSPS) is 21.6. The summed E-state index contributed by atoms with van der Waals surface area (Å²) in [6.07, 6.45) is 7.76. The molecule has 3 rings (SSSR count). The van der Waals surface area contributed by atoms with Crippen LogP contribution in [0.3, 0.4) is 0 Å². The van der Waals surface area contributed by atoms with Crippen molar-refractivity contribution in [2.75, 3.05) is 13.2 Å². The molecule has 2 fully saturated rings. The molecule has 0 radical (unpaired) electrons. The number of nitrogens with zero attached hydrogens (tertiary/aromatic N) is 2. The molecule has 2 saturated carbocycles. The lowest BCUT2D eigenvalue weighted by Crippen LogP contribution is -2.48. The fraction of sp³-hybridized carbons (Fsp3) is 0.708. The Bertz CT molecular complexity index is 765. The largest absolute Gasteiger partial charge is 0.477 e. The first kappa shape index (κ1) is 24.1. The van der Waals surface area contributed by atoms with Crippen molar-refractivity contribution in [2.24, 2.45) is 10.9 Å². The van der Waals surface area contributed by atoms with Gasteiger partial charge in [0.1, 0.15) is 5.60 Å². The van der Waals surface area contributed by atoms with Crippen molar-refractivity contribution >= 4 is 12.1 Å². The maximum absolute atomic E-state index is 12.0. The standard InChI is InChI=1S/C24H39N5O3/c1-5-25-22(27-15-18-12-13-26-21(14-18)31-16-17-6-7-17)28-19-8-10-20(11-9-19)29-23(30)32-24(2,3)4/h12-14,17,19-20H,5-11,15-16H2,1-4H3,(H,29,30)(H2,25,27,28). The van der Waals surface area contributed by atoms with Gasteiger partial charge in [0.05, 0.1) is 13.2 Å². The Morgan fingerprint density at radius 2 is 1.81 bits per heavy atom. The van der Waals surface area contributed by atoms with Gasteiger partial charge in [-0.25, -0.2) is 14.8 Å². The van der Waals surface area contributed by atoms with Crippen LogP contribution >= 0.6 is 0 Å². The highest BCUT2D eigenvalue weighted by Crippen LogP contribution is 2.29. The Kier molecular flexibility index (Phi) is 8.59. The molecule has 1 aromatic rings. The van der Waals surface area contributed by atoms with Crippen LogP contribution < -0.4 is 20.7 Å². The molecule has 0 aliphatic heterocycles. The predicted molar refractivity (Wildman–Crippen MR) is 126 cm³/mol. The summed E-state index contributed by atoms with van der Waals surface area (Å²) >= 11 is 0. The van der Waals surface area contributed by atoms with Gasteiger partial charge in [-0.05, 0) is 83.8 Å². The number of pyridine rings is 1. The highest BCUT2D eigenvalue weighted by atomic mass is 16.6. The zero-order valence-corrected chi connectivity index (χ0v) is 19.9. The van der Waals surface area contributed by atoms with E-state index in [1.54, 1.807) is 6.20 Å². The fourth-order valence-corrected chi connectivity index (χ4v) is 3.66. The molecule has 32 heavy (non-hydrogen) atoms. The van der Waals surface area contributed by atoms with E-state index in [4.69, 9.17) is 14.5 Å². The van der Waals surface area contributed by atoms with Gasteiger partial charge in [-0.1, -0.05) is 0 Å².